The SMILES string of the molecule is CNC(C)c1ccc(N(CCC#N)C2CC2)cn1. The summed E-state index contributed by atoms with van der Waals surface area (Å²) in [5.74, 6) is 0. The Balaban J connectivity index is 2.08. The van der Waals surface area contributed by atoms with Crippen LogP contribution in [0.2, 0.25) is 0 Å². The standard InChI is InChI=1S/C14H20N4/c1-11(16-2)14-7-6-13(10-17-14)18(9-3-8-15)12-4-5-12/h6-7,10-12,16H,3-5,9H2,1-2H3. The van der Waals surface area contributed by atoms with Gasteiger partial charge in [-0.15, -0.1) is 0 Å². The first-order valence-electron chi connectivity index (χ1n) is 6.53. The van der Waals surface area contributed by atoms with Crippen molar-refractivity contribution in [2.75, 3.05) is 18.5 Å². The van der Waals surface area contributed by atoms with E-state index in [9.17, 15) is 0 Å². The van der Waals surface area contributed by atoms with Gasteiger partial charge in [-0.3, -0.25) is 4.98 Å². The normalized spacial score (nSPS) is 16.1. The van der Waals surface area contributed by atoms with Gasteiger partial charge in [-0.1, -0.05) is 0 Å². The van der Waals surface area contributed by atoms with Gasteiger partial charge in [-0.05, 0) is 38.9 Å². The molecule has 0 radical (unpaired) electrons. The van der Waals surface area contributed by atoms with Crippen LogP contribution in [-0.2, 0) is 0 Å². The van der Waals surface area contributed by atoms with Crippen LogP contribution in [0.25, 0.3) is 0 Å². The van der Waals surface area contributed by atoms with Crippen molar-refractivity contribution in [2.45, 2.75) is 38.3 Å². The average molecular weight is 244 g/mol. The molecule has 96 valence electrons. The molecule has 1 fully saturated rings. The molecule has 1 aromatic heterocycles. The van der Waals surface area contributed by atoms with Crippen LogP contribution in [0.3, 0.4) is 0 Å². The molecule has 0 spiro atoms. The predicted molar refractivity (Wildman–Crippen MR) is 72.3 cm³/mol. The number of pyridine rings is 1. The van der Waals surface area contributed by atoms with Crippen LogP contribution in [-0.4, -0.2) is 24.6 Å². The third-order valence-electron chi connectivity index (χ3n) is 3.43. The van der Waals surface area contributed by atoms with Crippen LogP contribution in [0.1, 0.15) is 37.9 Å². The molecule has 1 aromatic rings. The number of anilines is 1. The zero-order valence-electron chi connectivity index (χ0n) is 11.1. The Hall–Kier alpha value is -1.60. The molecule has 1 aliphatic rings. The maximum atomic E-state index is 8.71. The van der Waals surface area contributed by atoms with Crippen molar-refractivity contribution in [1.29, 1.82) is 5.26 Å². The molecule has 0 bridgehead atoms. The van der Waals surface area contributed by atoms with E-state index >= 15 is 0 Å². The summed E-state index contributed by atoms with van der Waals surface area (Å²) in [6.45, 7) is 2.90. The average Bonchev–Trinajstić information content (AvgIpc) is 3.24. The smallest absolute Gasteiger partial charge is 0.0640 e. The number of nitriles is 1. The van der Waals surface area contributed by atoms with Gasteiger partial charge in [0.15, 0.2) is 0 Å². The molecule has 1 saturated carbocycles. The van der Waals surface area contributed by atoms with E-state index in [-0.39, 0.29) is 6.04 Å². The molecule has 1 unspecified atom stereocenters. The first-order valence-corrected chi connectivity index (χ1v) is 6.53. The number of nitrogens with one attached hydrogen (secondary N) is 1. The minimum atomic E-state index is 0.271. The van der Waals surface area contributed by atoms with Crippen molar-refractivity contribution < 1.29 is 0 Å². The molecule has 4 nitrogen and oxygen atoms in total. The molecule has 0 aromatic carbocycles. The van der Waals surface area contributed by atoms with Crippen molar-refractivity contribution in [2.24, 2.45) is 0 Å². The Labute approximate surface area is 109 Å². The second kappa shape index (κ2) is 5.83. The quantitative estimate of drug-likeness (QED) is 0.834. The van der Waals surface area contributed by atoms with Crippen molar-refractivity contribution in [3.05, 3.63) is 24.0 Å². The van der Waals surface area contributed by atoms with Crippen LogP contribution >= 0.6 is 0 Å². The van der Waals surface area contributed by atoms with Gasteiger partial charge in [0.2, 0.25) is 0 Å². The Bertz CT molecular complexity index is 416. The molecule has 0 amide bonds. The van der Waals surface area contributed by atoms with Gasteiger partial charge in [-0.25, -0.2) is 0 Å². The molecule has 1 atom stereocenters. The summed E-state index contributed by atoms with van der Waals surface area (Å²) in [4.78, 5) is 6.81. The summed E-state index contributed by atoms with van der Waals surface area (Å²) < 4.78 is 0. The van der Waals surface area contributed by atoms with Crippen LogP contribution in [0.5, 0.6) is 0 Å². The third-order valence-corrected chi connectivity index (χ3v) is 3.43. The lowest BCUT2D eigenvalue weighted by molar-refractivity contribution is 0.632. The molecule has 1 aliphatic carbocycles. The molecule has 4 heteroatoms. The fourth-order valence-corrected chi connectivity index (χ4v) is 2.05. The van der Waals surface area contributed by atoms with Gasteiger partial charge in [-0.2, -0.15) is 5.26 Å². The summed E-state index contributed by atoms with van der Waals surface area (Å²) in [7, 11) is 1.93. The van der Waals surface area contributed by atoms with Crippen molar-refractivity contribution >= 4 is 5.69 Å². The van der Waals surface area contributed by atoms with E-state index in [4.69, 9.17) is 5.26 Å². The van der Waals surface area contributed by atoms with E-state index in [1.165, 1.54) is 12.8 Å². The fourth-order valence-electron chi connectivity index (χ4n) is 2.05. The predicted octanol–water partition coefficient (Wildman–Crippen LogP) is 2.24. The maximum absolute atomic E-state index is 8.71. The van der Waals surface area contributed by atoms with E-state index in [2.05, 4.69) is 40.3 Å². The van der Waals surface area contributed by atoms with Gasteiger partial charge in [0.25, 0.3) is 0 Å². The lowest BCUT2D eigenvalue weighted by atomic mass is 10.2. The highest BCUT2D eigenvalue weighted by Gasteiger charge is 2.29. The Morgan fingerprint density at radius 3 is 2.83 bits per heavy atom. The number of nitrogens with zero attached hydrogens (tertiary/aromatic N) is 3. The third kappa shape index (κ3) is 2.99. The molecule has 0 aliphatic heterocycles. The van der Waals surface area contributed by atoms with Gasteiger partial charge < -0.3 is 10.2 Å². The first-order chi connectivity index (χ1) is 8.76. The highest BCUT2D eigenvalue weighted by Crippen LogP contribution is 2.31. The largest absolute Gasteiger partial charge is 0.366 e. The number of aromatic nitrogens is 1. The van der Waals surface area contributed by atoms with E-state index < -0.39 is 0 Å². The Kier molecular flexibility index (Phi) is 4.16. The van der Waals surface area contributed by atoms with Crippen LogP contribution in [0.4, 0.5) is 5.69 Å². The molecule has 1 N–H and O–H groups in total. The lowest BCUT2D eigenvalue weighted by Crippen LogP contribution is -2.26. The zero-order valence-corrected chi connectivity index (χ0v) is 11.1. The summed E-state index contributed by atoms with van der Waals surface area (Å²) in [6.07, 6.45) is 4.98. The summed E-state index contributed by atoms with van der Waals surface area (Å²) >= 11 is 0. The minimum absolute atomic E-state index is 0.271. The molecule has 18 heavy (non-hydrogen) atoms. The van der Waals surface area contributed by atoms with Gasteiger partial charge >= 0.3 is 0 Å². The van der Waals surface area contributed by atoms with E-state index in [1.807, 2.05) is 13.2 Å². The minimum Gasteiger partial charge on any atom is -0.366 e. The van der Waals surface area contributed by atoms with E-state index in [1.54, 1.807) is 0 Å². The Morgan fingerprint density at radius 2 is 2.33 bits per heavy atom. The van der Waals surface area contributed by atoms with Gasteiger partial charge in [0.1, 0.15) is 0 Å². The van der Waals surface area contributed by atoms with Crippen molar-refractivity contribution in [1.82, 2.24) is 10.3 Å². The number of hydrogen-bond donors (Lipinski definition) is 1. The highest BCUT2D eigenvalue weighted by molar-refractivity contribution is 5.47. The summed E-state index contributed by atoms with van der Waals surface area (Å²) in [6, 6.07) is 7.29. The van der Waals surface area contributed by atoms with Gasteiger partial charge in [0.05, 0.1) is 30.1 Å². The van der Waals surface area contributed by atoms with E-state index in [0.29, 0.717) is 12.5 Å². The molecule has 0 saturated heterocycles. The van der Waals surface area contributed by atoms with Crippen LogP contribution < -0.4 is 10.2 Å². The maximum Gasteiger partial charge on any atom is 0.0640 e. The Morgan fingerprint density at radius 1 is 1.56 bits per heavy atom. The lowest BCUT2D eigenvalue weighted by Gasteiger charge is -2.23. The van der Waals surface area contributed by atoms with Crippen LogP contribution in [0, 0.1) is 11.3 Å². The summed E-state index contributed by atoms with van der Waals surface area (Å²) in [5, 5.41) is 11.9. The topological polar surface area (TPSA) is 52.0 Å². The second-order valence-corrected chi connectivity index (χ2v) is 4.78. The fraction of sp³-hybridized carbons (Fsp3) is 0.571. The first kappa shape index (κ1) is 12.8. The number of rotatable bonds is 6. The van der Waals surface area contributed by atoms with Gasteiger partial charge in [0, 0.05) is 18.6 Å². The summed E-state index contributed by atoms with van der Waals surface area (Å²) in [5.41, 5.74) is 2.19. The van der Waals surface area contributed by atoms with Crippen molar-refractivity contribution in [3.63, 3.8) is 0 Å². The molecule has 1 heterocycles. The molecular weight excluding hydrogens is 224 g/mol. The highest BCUT2D eigenvalue weighted by atomic mass is 15.2. The zero-order chi connectivity index (χ0) is 13.0. The van der Waals surface area contributed by atoms with Crippen molar-refractivity contribution in [3.8, 4) is 6.07 Å². The monoisotopic (exact) mass is 244 g/mol. The number of hydrogen-bond acceptors (Lipinski definition) is 4. The molecular formula is C14H20N4. The second-order valence-electron chi connectivity index (χ2n) is 4.78. The van der Waals surface area contributed by atoms with Crippen LogP contribution in [0.15, 0.2) is 18.3 Å². The molecule has 2 rings (SSSR count). The van der Waals surface area contributed by atoms with E-state index in [0.717, 1.165) is 17.9 Å².